The number of hydrogen-bond acceptors (Lipinski definition) is 6. The van der Waals surface area contributed by atoms with E-state index in [-0.39, 0.29) is 10.8 Å². The molecule has 3 aromatic rings. The van der Waals surface area contributed by atoms with Gasteiger partial charge in [0.05, 0.1) is 17.3 Å². The summed E-state index contributed by atoms with van der Waals surface area (Å²) in [5.74, 6) is 0.0211. The SMILES string of the molecule is CC(Oc1cc(-c2cnn(C3CCN(CCCN)CC3)c2)cnc1N)c1c(Cl)ccc(F)c1Cl. The molecule has 1 atom stereocenters. The summed E-state index contributed by atoms with van der Waals surface area (Å²) < 4.78 is 22.0. The van der Waals surface area contributed by atoms with Crippen LogP contribution in [0.5, 0.6) is 5.75 Å². The van der Waals surface area contributed by atoms with Gasteiger partial charge in [0.2, 0.25) is 0 Å². The quantitative estimate of drug-likeness (QED) is 0.412. The Bertz CT molecular complexity index is 1130. The van der Waals surface area contributed by atoms with Gasteiger partial charge in [0.1, 0.15) is 11.9 Å². The first-order chi connectivity index (χ1) is 16.4. The third-order valence-electron chi connectivity index (χ3n) is 6.22. The number of hydrogen-bond donors (Lipinski definition) is 2. The molecule has 1 aliphatic rings. The average Bonchev–Trinajstić information content (AvgIpc) is 3.32. The first-order valence-corrected chi connectivity index (χ1v) is 12.2. The maximum atomic E-state index is 14.0. The lowest BCUT2D eigenvalue weighted by molar-refractivity contribution is 0.179. The second kappa shape index (κ2) is 10.9. The fraction of sp³-hybridized carbons (Fsp3) is 0.417. The molecule has 0 amide bonds. The summed E-state index contributed by atoms with van der Waals surface area (Å²) in [6, 6.07) is 4.83. The molecule has 0 bridgehead atoms. The van der Waals surface area contributed by atoms with Crippen molar-refractivity contribution in [1.82, 2.24) is 19.7 Å². The van der Waals surface area contributed by atoms with E-state index in [0.717, 1.165) is 56.6 Å². The number of piperidine rings is 1. The minimum absolute atomic E-state index is 0.0713. The van der Waals surface area contributed by atoms with Crippen molar-refractivity contribution in [2.24, 2.45) is 5.73 Å². The molecule has 1 aromatic carbocycles. The van der Waals surface area contributed by atoms with Gasteiger partial charge in [-0.1, -0.05) is 23.2 Å². The van der Waals surface area contributed by atoms with Crippen LogP contribution in [0, 0.1) is 5.82 Å². The molecular weight excluding hydrogens is 478 g/mol. The molecule has 182 valence electrons. The number of nitrogen functional groups attached to an aromatic ring is 1. The van der Waals surface area contributed by atoms with Crippen LogP contribution in [0.2, 0.25) is 10.0 Å². The van der Waals surface area contributed by atoms with Crippen LogP contribution in [0.3, 0.4) is 0 Å². The Balaban J connectivity index is 1.48. The molecule has 0 saturated carbocycles. The van der Waals surface area contributed by atoms with Gasteiger partial charge in [-0.3, -0.25) is 4.68 Å². The summed E-state index contributed by atoms with van der Waals surface area (Å²) >= 11 is 12.4. The number of ether oxygens (including phenoxy) is 1. The number of nitrogens with zero attached hydrogens (tertiary/aromatic N) is 4. The first-order valence-electron chi connectivity index (χ1n) is 11.4. The summed E-state index contributed by atoms with van der Waals surface area (Å²) in [6.45, 7) is 5.61. The Morgan fingerprint density at radius 3 is 2.71 bits per heavy atom. The van der Waals surface area contributed by atoms with Crippen molar-refractivity contribution in [3.05, 3.63) is 58.2 Å². The van der Waals surface area contributed by atoms with Gasteiger partial charge in [-0.2, -0.15) is 5.10 Å². The van der Waals surface area contributed by atoms with Crippen LogP contribution in [0.15, 0.2) is 36.8 Å². The first kappa shape index (κ1) is 24.7. The highest BCUT2D eigenvalue weighted by molar-refractivity contribution is 6.36. The number of rotatable bonds is 8. The minimum Gasteiger partial charge on any atom is -0.482 e. The number of aromatic nitrogens is 3. The molecule has 1 saturated heterocycles. The van der Waals surface area contributed by atoms with Gasteiger partial charge in [0.15, 0.2) is 11.6 Å². The van der Waals surface area contributed by atoms with Gasteiger partial charge in [-0.15, -0.1) is 0 Å². The molecule has 0 radical (unpaired) electrons. The monoisotopic (exact) mass is 506 g/mol. The second-order valence-electron chi connectivity index (χ2n) is 8.55. The number of halogens is 3. The molecule has 1 unspecified atom stereocenters. The van der Waals surface area contributed by atoms with E-state index in [1.165, 1.54) is 12.1 Å². The molecule has 4 N–H and O–H groups in total. The molecule has 34 heavy (non-hydrogen) atoms. The zero-order valence-corrected chi connectivity index (χ0v) is 20.6. The highest BCUT2D eigenvalue weighted by atomic mass is 35.5. The van der Waals surface area contributed by atoms with Crippen molar-refractivity contribution < 1.29 is 9.13 Å². The maximum absolute atomic E-state index is 14.0. The fourth-order valence-corrected chi connectivity index (χ4v) is 4.96. The molecule has 0 spiro atoms. The van der Waals surface area contributed by atoms with E-state index in [1.54, 1.807) is 19.2 Å². The number of benzene rings is 1. The van der Waals surface area contributed by atoms with E-state index in [1.807, 2.05) is 17.1 Å². The Hall–Kier alpha value is -2.39. The summed E-state index contributed by atoms with van der Waals surface area (Å²) in [4.78, 5) is 6.74. The summed E-state index contributed by atoms with van der Waals surface area (Å²) in [5, 5.41) is 4.84. The summed E-state index contributed by atoms with van der Waals surface area (Å²) in [7, 11) is 0. The van der Waals surface area contributed by atoms with Crippen molar-refractivity contribution in [1.29, 1.82) is 0 Å². The van der Waals surface area contributed by atoms with Gasteiger partial charge < -0.3 is 21.1 Å². The standard InChI is InChI=1S/C24H29Cl2FN6O/c1-15(22-19(25)3-4-20(27)23(22)26)34-21-11-16(12-30-24(21)29)17-13-31-33(14-17)18-5-9-32(10-6-18)8-2-7-28/h3-4,11-15,18H,2,5-10,28H2,1H3,(H2,29,30). The van der Waals surface area contributed by atoms with Gasteiger partial charge in [0, 0.05) is 47.2 Å². The van der Waals surface area contributed by atoms with Gasteiger partial charge >= 0.3 is 0 Å². The lowest BCUT2D eigenvalue weighted by Crippen LogP contribution is -2.36. The van der Waals surface area contributed by atoms with Gasteiger partial charge in [-0.05, 0) is 57.5 Å². The number of anilines is 1. The second-order valence-corrected chi connectivity index (χ2v) is 9.33. The lowest BCUT2D eigenvalue weighted by atomic mass is 10.0. The van der Waals surface area contributed by atoms with E-state index in [0.29, 0.717) is 22.4 Å². The molecule has 10 heteroatoms. The van der Waals surface area contributed by atoms with Crippen LogP contribution in [0.1, 0.15) is 43.9 Å². The van der Waals surface area contributed by atoms with E-state index in [9.17, 15) is 4.39 Å². The van der Waals surface area contributed by atoms with Crippen LogP contribution >= 0.6 is 23.2 Å². The molecule has 2 aromatic heterocycles. The van der Waals surface area contributed by atoms with Crippen LogP contribution in [-0.2, 0) is 0 Å². The maximum Gasteiger partial charge on any atom is 0.166 e. The van der Waals surface area contributed by atoms with Crippen LogP contribution in [0.4, 0.5) is 10.2 Å². The molecular formula is C24H29Cl2FN6O. The molecule has 7 nitrogen and oxygen atoms in total. The van der Waals surface area contributed by atoms with E-state index in [4.69, 9.17) is 39.4 Å². The Morgan fingerprint density at radius 2 is 1.97 bits per heavy atom. The van der Waals surface area contributed by atoms with E-state index in [2.05, 4.69) is 15.0 Å². The number of pyridine rings is 1. The number of nitrogens with two attached hydrogens (primary N) is 2. The Labute approximate surface area is 208 Å². The smallest absolute Gasteiger partial charge is 0.166 e. The van der Waals surface area contributed by atoms with Crippen molar-refractivity contribution in [3.63, 3.8) is 0 Å². The van der Waals surface area contributed by atoms with Crippen molar-refractivity contribution in [2.45, 2.75) is 38.3 Å². The Morgan fingerprint density at radius 1 is 1.21 bits per heavy atom. The third kappa shape index (κ3) is 5.46. The molecule has 3 heterocycles. The van der Waals surface area contributed by atoms with E-state index < -0.39 is 11.9 Å². The summed E-state index contributed by atoms with van der Waals surface area (Å²) in [5.41, 5.74) is 13.8. The van der Waals surface area contributed by atoms with Crippen LogP contribution in [-0.4, -0.2) is 45.8 Å². The van der Waals surface area contributed by atoms with E-state index >= 15 is 0 Å². The zero-order valence-electron chi connectivity index (χ0n) is 19.1. The summed E-state index contributed by atoms with van der Waals surface area (Å²) in [6.07, 6.45) is 8.02. The highest BCUT2D eigenvalue weighted by Crippen LogP contribution is 2.37. The minimum atomic E-state index is -0.637. The average molecular weight is 507 g/mol. The fourth-order valence-electron chi connectivity index (χ4n) is 4.28. The predicted octanol–water partition coefficient (Wildman–Crippen LogP) is 5.10. The molecule has 1 aliphatic heterocycles. The van der Waals surface area contributed by atoms with Crippen molar-refractivity contribution in [2.75, 3.05) is 31.9 Å². The van der Waals surface area contributed by atoms with Gasteiger partial charge in [0.25, 0.3) is 0 Å². The van der Waals surface area contributed by atoms with Crippen LogP contribution in [0.25, 0.3) is 11.1 Å². The normalized spacial score (nSPS) is 16.0. The molecule has 0 aliphatic carbocycles. The zero-order chi connectivity index (χ0) is 24.2. The molecule has 1 fully saturated rings. The van der Waals surface area contributed by atoms with Crippen molar-refractivity contribution >= 4 is 29.0 Å². The third-order valence-corrected chi connectivity index (χ3v) is 6.93. The lowest BCUT2D eigenvalue weighted by Gasteiger charge is -2.31. The number of likely N-dealkylation sites (tertiary alicyclic amines) is 1. The predicted molar refractivity (Wildman–Crippen MR) is 134 cm³/mol. The topological polar surface area (TPSA) is 95.2 Å². The van der Waals surface area contributed by atoms with Crippen molar-refractivity contribution in [3.8, 4) is 16.9 Å². The van der Waals surface area contributed by atoms with Gasteiger partial charge in [-0.25, -0.2) is 9.37 Å². The highest BCUT2D eigenvalue weighted by Gasteiger charge is 2.22. The molecule has 4 rings (SSSR count). The van der Waals surface area contributed by atoms with Crippen LogP contribution < -0.4 is 16.2 Å². The largest absolute Gasteiger partial charge is 0.482 e. The Kier molecular flexibility index (Phi) is 7.93.